The van der Waals surface area contributed by atoms with E-state index in [4.69, 9.17) is 0 Å². The Balaban J connectivity index is 1.27. The fourth-order valence-corrected chi connectivity index (χ4v) is 7.45. The largest absolute Gasteiger partial charge is 0.346 e. The van der Waals surface area contributed by atoms with Crippen LogP contribution in [0, 0.1) is 17.8 Å². The number of hydrogen-bond donors (Lipinski definition) is 2. The van der Waals surface area contributed by atoms with Crippen molar-refractivity contribution < 1.29 is 22.8 Å². The van der Waals surface area contributed by atoms with Gasteiger partial charge >= 0.3 is 0 Å². The zero-order chi connectivity index (χ0) is 28.8. The smallest absolute Gasteiger partial charge is 0.259 e. The summed E-state index contributed by atoms with van der Waals surface area (Å²) >= 11 is 0. The van der Waals surface area contributed by atoms with Crippen molar-refractivity contribution in [3.63, 3.8) is 0 Å². The molecule has 6 rings (SSSR count). The Morgan fingerprint density at radius 2 is 1.85 bits per heavy atom. The van der Waals surface area contributed by atoms with E-state index in [-0.39, 0.29) is 17.9 Å². The van der Waals surface area contributed by atoms with Crippen molar-refractivity contribution in [1.29, 1.82) is 0 Å². The average molecular weight is 582 g/mol. The lowest BCUT2D eigenvalue weighted by Crippen LogP contribution is -2.54. The van der Waals surface area contributed by atoms with Gasteiger partial charge in [0.15, 0.2) is 0 Å². The quantitative estimate of drug-likeness (QED) is 0.504. The summed E-state index contributed by atoms with van der Waals surface area (Å²) in [6.07, 6.45) is 8.31. The van der Waals surface area contributed by atoms with Gasteiger partial charge in [0, 0.05) is 25.1 Å². The maximum atomic E-state index is 13.9. The molecule has 0 radical (unpaired) electrons. The Labute approximate surface area is 239 Å². The molecule has 218 valence electrons. The average Bonchev–Trinajstić information content (AvgIpc) is 3.82. The Morgan fingerprint density at radius 1 is 1.10 bits per heavy atom. The third kappa shape index (κ3) is 5.51. The van der Waals surface area contributed by atoms with Crippen LogP contribution in [0.4, 0.5) is 0 Å². The highest BCUT2D eigenvalue weighted by Crippen LogP contribution is 2.47. The number of benzene rings is 1. The predicted molar refractivity (Wildman–Crippen MR) is 148 cm³/mol. The zero-order valence-corrected chi connectivity index (χ0v) is 23.8. The second-order valence-corrected chi connectivity index (χ2v) is 13.7. The summed E-state index contributed by atoms with van der Waals surface area (Å²) in [5, 5.41) is 15.3. The van der Waals surface area contributed by atoms with Crippen molar-refractivity contribution >= 4 is 27.7 Å². The van der Waals surface area contributed by atoms with Gasteiger partial charge in [0.2, 0.25) is 27.7 Å². The summed E-state index contributed by atoms with van der Waals surface area (Å²) in [5.74, 6) is -2.51. The van der Waals surface area contributed by atoms with Crippen LogP contribution < -0.4 is 10.0 Å². The van der Waals surface area contributed by atoms with E-state index in [2.05, 4.69) is 25.4 Å². The molecule has 5 atom stereocenters. The first-order chi connectivity index (χ1) is 19.7. The van der Waals surface area contributed by atoms with Gasteiger partial charge < -0.3 is 10.2 Å². The summed E-state index contributed by atoms with van der Waals surface area (Å²) in [4.78, 5) is 44.0. The van der Waals surface area contributed by atoms with Crippen molar-refractivity contribution in [2.45, 2.75) is 68.2 Å². The Hall–Kier alpha value is -3.61. The van der Waals surface area contributed by atoms with Crippen LogP contribution in [-0.2, 0) is 24.4 Å². The lowest BCUT2D eigenvalue weighted by Gasteiger charge is -2.26. The van der Waals surface area contributed by atoms with Crippen molar-refractivity contribution in [3.8, 4) is 11.4 Å². The number of hydrogen-bond acceptors (Lipinski definition) is 8. The minimum absolute atomic E-state index is 0.134. The molecule has 3 fully saturated rings. The van der Waals surface area contributed by atoms with E-state index < -0.39 is 44.5 Å². The highest BCUT2D eigenvalue weighted by Gasteiger charge is 2.62. The van der Waals surface area contributed by atoms with Gasteiger partial charge in [0.1, 0.15) is 5.54 Å². The number of sulfonamides is 1. The molecule has 41 heavy (non-hydrogen) atoms. The van der Waals surface area contributed by atoms with E-state index in [1.165, 1.54) is 4.80 Å². The molecule has 2 aromatic rings. The topological polar surface area (TPSA) is 156 Å². The van der Waals surface area contributed by atoms with Crippen molar-refractivity contribution in [3.05, 3.63) is 42.5 Å². The second-order valence-electron chi connectivity index (χ2n) is 11.8. The highest BCUT2D eigenvalue weighted by atomic mass is 32.2. The Morgan fingerprint density at radius 3 is 2.61 bits per heavy atom. The number of rotatable bonds is 5. The minimum Gasteiger partial charge on any atom is -0.346 e. The number of nitrogens with zero attached hydrogens (tertiary/aromatic N) is 5. The number of carbonyl (C=O) groups excluding carboxylic acids is 3. The summed E-state index contributed by atoms with van der Waals surface area (Å²) < 4.78 is 27.4. The van der Waals surface area contributed by atoms with Crippen LogP contribution >= 0.6 is 0 Å². The van der Waals surface area contributed by atoms with Gasteiger partial charge in [-0.1, -0.05) is 42.5 Å². The normalized spacial score (nSPS) is 31.4. The molecular formula is C28H35N7O5S. The number of nitrogens with one attached hydrogen (secondary N) is 2. The number of tetrazole rings is 1. The molecule has 13 heteroatoms. The summed E-state index contributed by atoms with van der Waals surface area (Å²) in [6, 6.07) is 9.09. The molecule has 0 saturated heterocycles. The van der Waals surface area contributed by atoms with Gasteiger partial charge in [-0.15, -0.1) is 10.2 Å². The summed E-state index contributed by atoms with van der Waals surface area (Å²) in [7, 11) is -2.04. The maximum Gasteiger partial charge on any atom is 0.259 e. The molecule has 2 N–H and O–H groups in total. The van der Waals surface area contributed by atoms with Crippen molar-refractivity contribution in [2.24, 2.45) is 17.8 Å². The molecule has 1 aromatic heterocycles. The van der Waals surface area contributed by atoms with Crippen LogP contribution in [0.15, 0.2) is 42.5 Å². The molecular weight excluding hydrogens is 546 g/mol. The predicted octanol–water partition coefficient (Wildman–Crippen LogP) is 1.59. The first-order valence-electron chi connectivity index (χ1n) is 14.3. The third-order valence-electron chi connectivity index (χ3n) is 8.80. The van der Waals surface area contributed by atoms with E-state index in [9.17, 15) is 22.8 Å². The molecule has 3 saturated carbocycles. The first-order valence-corrected chi connectivity index (χ1v) is 15.9. The van der Waals surface area contributed by atoms with Crippen LogP contribution in [0.5, 0.6) is 0 Å². The summed E-state index contributed by atoms with van der Waals surface area (Å²) in [5.41, 5.74) is -0.547. The SMILES string of the molecule is CN1CCCC/C=C\[C@@H]2C[C@@]2(C(=O)NS(=O)(=O)C2CC2)NC(=O)[C@@H]2C[C@@H](n3nnc(-c4ccccc4)n3)CC2C1=O. The summed E-state index contributed by atoms with van der Waals surface area (Å²) in [6.45, 7) is 0.580. The van der Waals surface area contributed by atoms with Crippen LogP contribution in [-0.4, -0.2) is 75.6 Å². The van der Waals surface area contributed by atoms with Crippen LogP contribution in [0.3, 0.4) is 0 Å². The van der Waals surface area contributed by atoms with Gasteiger partial charge in [-0.3, -0.25) is 19.1 Å². The lowest BCUT2D eigenvalue weighted by molar-refractivity contribution is -0.140. The fraction of sp³-hybridized carbons (Fsp3) is 0.571. The van der Waals surface area contributed by atoms with E-state index in [0.717, 1.165) is 24.8 Å². The molecule has 0 spiro atoms. The zero-order valence-electron chi connectivity index (χ0n) is 23.0. The Bertz CT molecular complexity index is 1470. The lowest BCUT2D eigenvalue weighted by atomic mass is 9.93. The number of aromatic nitrogens is 4. The van der Waals surface area contributed by atoms with Gasteiger partial charge in [-0.05, 0) is 56.6 Å². The third-order valence-corrected chi connectivity index (χ3v) is 10.6. The van der Waals surface area contributed by atoms with Crippen molar-refractivity contribution in [1.82, 2.24) is 35.1 Å². The number of carbonyl (C=O) groups is 3. The molecule has 2 heterocycles. The Kier molecular flexibility index (Phi) is 7.16. The van der Waals surface area contributed by atoms with E-state index >= 15 is 0 Å². The van der Waals surface area contributed by atoms with Gasteiger partial charge in [0.25, 0.3) is 5.91 Å². The molecule has 12 nitrogen and oxygen atoms in total. The first kappa shape index (κ1) is 27.6. The molecule has 1 aliphatic heterocycles. The second kappa shape index (κ2) is 10.7. The highest BCUT2D eigenvalue weighted by molar-refractivity contribution is 7.91. The fourth-order valence-electron chi connectivity index (χ4n) is 6.09. The molecule has 0 bridgehead atoms. The minimum atomic E-state index is -3.79. The number of allylic oxidation sites excluding steroid dienone is 1. The standard InChI is InChI=1S/C28H35N7O5S/c1-34-14-8-3-2-7-11-19-17-28(19,27(38)32-41(39,40)21-12-13-21)29-25(36)22-15-20(16-23(22)26(34)37)35-31-24(30-33-35)18-9-5-4-6-10-18/h4-7,9-11,19-23H,2-3,8,12-17H2,1H3,(H,29,36)(H,32,38)/b11-7-/t19-,20-,22-,23?,28-/m1/s1. The van der Waals surface area contributed by atoms with E-state index in [1.807, 2.05) is 42.5 Å². The molecule has 3 aliphatic carbocycles. The number of amides is 3. The van der Waals surface area contributed by atoms with Crippen LogP contribution in [0.2, 0.25) is 0 Å². The van der Waals surface area contributed by atoms with Crippen LogP contribution in [0.1, 0.15) is 57.4 Å². The van der Waals surface area contributed by atoms with Crippen molar-refractivity contribution in [2.75, 3.05) is 13.6 Å². The molecule has 3 amide bonds. The molecule has 4 aliphatic rings. The molecule has 1 aromatic carbocycles. The van der Waals surface area contributed by atoms with Crippen LogP contribution in [0.25, 0.3) is 11.4 Å². The molecule has 1 unspecified atom stereocenters. The van der Waals surface area contributed by atoms with E-state index in [1.54, 1.807) is 11.9 Å². The monoisotopic (exact) mass is 581 g/mol. The van der Waals surface area contributed by atoms with Gasteiger partial charge in [-0.2, -0.15) is 4.80 Å². The van der Waals surface area contributed by atoms with Gasteiger partial charge in [-0.25, -0.2) is 8.42 Å². The van der Waals surface area contributed by atoms with Gasteiger partial charge in [0.05, 0.1) is 23.1 Å². The van der Waals surface area contributed by atoms with E-state index in [0.29, 0.717) is 44.5 Å². The maximum absolute atomic E-state index is 13.9. The number of fused-ring (bicyclic) bond motifs is 2.